The zero-order chi connectivity index (χ0) is 11.1. The maximum absolute atomic E-state index is 11.4. The number of ether oxygens (including phenoxy) is 2. The van der Waals surface area contributed by atoms with E-state index in [1.54, 1.807) is 0 Å². The lowest BCUT2D eigenvalue weighted by atomic mass is 10.3. The van der Waals surface area contributed by atoms with Gasteiger partial charge in [0.1, 0.15) is 0 Å². The van der Waals surface area contributed by atoms with Crippen molar-refractivity contribution in [1.82, 2.24) is 10.6 Å². The number of carbonyl (C=O) groups excluding carboxylic acids is 1. The Hall–Kier alpha value is -0.810. The number of urea groups is 1. The van der Waals surface area contributed by atoms with E-state index >= 15 is 0 Å². The van der Waals surface area contributed by atoms with Crippen molar-refractivity contribution in [3.8, 4) is 0 Å². The van der Waals surface area contributed by atoms with Crippen molar-refractivity contribution in [1.29, 1.82) is 0 Å². The number of carbonyl (C=O) groups is 1. The number of hydrogen-bond acceptors (Lipinski definition) is 3. The van der Waals surface area contributed by atoms with Crippen LogP contribution in [-0.4, -0.2) is 44.5 Å². The highest BCUT2D eigenvalue weighted by Crippen LogP contribution is 2.02. The summed E-state index contributed by atoms with van der Waals surface area (Å²) in [6.07, 6.45) is 0.953. The Morgan fingerprint density at radius 1 is 1.67 bits per heavy atom. The molecule has 1 aliphatic heterocycles. The minimum atomic E-state index is -0.142. The molecule has 5 nitrogen and oxygen atoms in total. The van der Waals surface area contributed by atoms with Gasteiger partial charge in [0, 0.05) is 19.8 Å². The monoisotopic (exact) mass is 216 g/mol. The van der Waals surface area contributed by atoms with Crippen LogP contribution in [0, 0.1) is 0 Å². The average molecular weight is 216 g/mol. The zero-order valence-electron chi connectivity index (χ0n) is 9.41. The summed E-state index contributed by atoms with van der Waals surface area (Å²) < 4.78 is 10.4. The van der Waals surface area contributed by atoms with Crippen molar-refractivity contribution in [3.63, 3.8) is 0 Å². The van der Waals surface area contributed by atoms with Gasteiger partial charge in [0.25, 0.3) is 0 Å². The molecule has 1 saturated heterocycles. The van der Waals surface area contributed by atoms with Crippen LogP contribution in [0.1, 0.15) is 20.3 Å². The van der Waals surface area contributed by atoms with E-state index in [1.807, 2.05) is 13.8 Å². The van der Waals surface area contributed by atoms with Gasteiger partial charge in [-0.25, -0.2) is 4.79 Å². The molecular formula is C10H20N2O3. The summed E-state index contributed by atoms with van der Waals surface area (Å²) in [5, 5.41) is 5.61. The lowest BCUT2D eigenvalue weighted by Crippen LogP contribution is -2.44. The van der Waals surface area contributed by atoms with E-state index in [1.165, 1.54) is 0 Å². The molecule has 2 amide bonds. The lowest BCUT2D eigenvalue weighted by Gasteiger charge is -2.15. The third kappa shape index (κ3) is 4.99. The molecule has 1 fully saturated rings. The molecule has 88 valence electrons. The first kappa shape index (κ1) is 12.3. The van der Waals surface area contributed by atoms with Crippen LogP contribution in [0.15, 0.2) is 0 Å². The molecule has 1 aliphatic rings. The highest BCUT2D eigenvalue weighted by molar-refractivity contribution is 5.74. The molecule has 0 saturated carbocycles. The first-order valence-corrected chi connectivity index (χ1v) is 5.46. The van der Waals surface area contributed by atoms with Gasteiger partial charge in [-0.15, -0.1) is 0 Å². The Bertz CT molecular complexity index is 193. The third-order valence-corrected chi connectivity index (χ3v) is 2.27. The third-order valence-electron chi connectivity index (χ3n) is 2.27. The molecule has 0 aliphatic carbocycles. The van der Waals surface area contributed by atoms with Crippen molar-refractivity contribution in [3.05, 3.63) is 0 Å². The minimum absolute atomic E-state index is 0.0561. The molecule has 15 heavy (non-hydrogen) atoms. The van der Waals surface area contributed by atoms with Gasteiger partial charge in [0.15, 0.2) is 0 Å². The molecule has 0 aromatic carbocycles. The standard InChI is InChI=1S/C10H20N2O3/c1-3-15-8(2)6-11-10(13)12-9-4-5-14-7-9/h8-9H,3-7H2,1-2H3,(H2,11,12,13). The average Bonchev–Trinajstić information content (AvgIpc) is 2.68. The normalized spacial score (nSPS) is 22.4. The highest BCUT2D eigenvalue weighted by atomic mass is 16.5. The van der Waals surface area contributed by atoms with Crippen LogP contribution in [0.5, 0.6) is 0 Å². The van der Waals surface area contributed by atoms with Crippen molar-refractivity contribution in [2.75, 3.05) is 26.4 Å². The van der Waals surface area contributed by atoms with Gasteiger partial charge in [-0.3, -0.25) is 0 Å². The maximum Gasteiger partial charge on any atom is 0.315 e. The topological polar surface area (TPSA) is 59.6 Å². The largest absolute Gasteiger partial charge is 0.379 e. The second kappa shape index (κ2) is 6.63. The predicted molar refractivity (Wildman–Crippen MR) is 56.8 cm³/mol. The summed E-state index contributed by atoms with van der Waals surface area (Å²) in [6.45, 7) is 6.43. The van der Waals surface area contributed by atoms with Crippen LogP contribution in [-0.2, 0) is 9.47 Å². The summed E-state index contributed by atoms with van der Waals surface area (Å²) >= 11 is 0. The molecule has 5 heteroatoms. The van der Waals surface area contributed by atoms with E-state index in [-0.39, 0.29) is 18.2 Å². The van der Waals surface area contributed by atoms with Crippen molar-refractivity contribution in [2.45, 2.75) is 32.4 Å². The van der Waals surface area contributed by atoms with Gasteiger partial charge in [0.2, 0.25) is 0 Å². The number of nitrogens with one attached hydrogen (secondary N) is 2. The van der Waals surface area contributed by atoms with Crippen LogP contribution < -0.4 is 10.6 Å². The predicted octanol–water partition coefficient (Wildman–Crippen LogP) is 0.500. The van der Waals surface area contributed by atoms with Gasteiger partial charge in [0.05, 0.1) is 18.8 Å². The Labute approximate surface area is 90.5 Å². The molecule has 0 spiro atoms. The fourth-order valence-corrected chi connectivity index (χ4v) is 1.46. The summed E-state index contributed by atoms with van der Waals surface area (Å²) in [5.74, 6) is 0. The molecule has 0 aromatic heterocycles. The summed E-state index contributed by atoms with van der Waals surface area (Å²) in [5.41, 5.74) is 0. The fraction of sp³-hybridized carbons (Fsp3) is 0.900. The molecule has 0 bridgehead atoms. The number of rotatable bonds is 5. The van der Waals surface area contributed by atoms with Crippen LogP contribution in [0.2, 0.25) is 0 Å². The summed E-state index contributed by atoms with van der Waals surface area (Å²) in [7, 11) is 0. The Morgan fingerprint density at radius 2 is 2.47 bits per heavy atom. The molecule has 1 heterocycles. The van der Waals surface area contributed by atoms with E-state index in [9.17, 15) is 4.79 Å². The maximum atomic E-state index is 11.4. The van der Waals surface area contributed by atoms with E-state index in [0.717, 1.165) is 13.0 Å². The number of hydrogen-bond donors (Lipinski definition) is 2. The van der Waals surface area contributed by atoms with Crippen molar-refractivity contribution in [2.24, 2.45) is 0 Å². The zero-order valence-corrected chi connectivity index (χ0v) is 9.41. The van der Waals surface area contributed by atoms with Gasteiger partial charge in [-0.05, 0) is 20.3 Å². The molecule has 2 unspecified atom stereocenters. The molecule has 1 rings (SSSR count). The van der Waals surface area contributed by atoms with Gasteiger partial charge >= 0.3 is 6.03 Å². The van der Waals surface area contributed by atoms with Crippen LogP contribution in [0.4, 0.5) is 4.79 Å². The van der Waals surface area contributed by atoms with Gasteiger partial charge in [-0.2, -0.15) is 0 Å². The van der Waals surface area contributed by atoms with E-state index in [0.29, 0.717) is 19.8 Å². The van der Waals surface area contributed by atoms with Gasteiger partial charge in [-0.1, -0.05) is 0 Å². The smallest absolute Gasteiger partial charge is 0.315 e. The van der Waals surface area contributed by atoms with E-state index < -0.39 is 0 Å². The Balaban J connectivity index is 2.07. The Kier molecular flexibility index (Phi) is 5.42. The van der Waals surface area contributed by atoms with Crippen LogP contribution >= 0.6 is 0 Å². The van der Waals surface area contributed by atoms with E-state index in [2.05, 4.69) is 10.6 Å². The molecular weight excluding hydrogens is 196 g/mol. The lowest BCUT2D eigenvalue weighted by molar-refractivity contribution is 0.0775. The molecule has 0 radical (unpaired) electrons. The molecule has 0 aromatic rings. The van der Waals surface area contributed by atoms with Crippen LogP contribution in [0.25, 0.3) is 0 Å². The minimum Gasteiger partial charge on any atom is -0.379 e. The molecule has 2 atom stereocenters. The first-order chi connectivity index (χ1) is 7.22. The van der Waals surface area contributed by atoms with Crippen molar-refractivity contribution < 1.29 is 14.3 Å². The first-order valence-electron chi connectivity index (χ1n) is 5.46. The highest BCUT2D eigenvalue weighted by Gasteiger charge is 2.17. The van der Waals surface area contributed by atoms with Crippen molar-refractivity contribution >= 4 is 6.03 Å². The second-order valence-electron chi connectivity index (χ2n) is 3.68. The summed E-state index contributed by atoms with van der Waals surface area (Å²) in [4.78, 5) is 11.4. The summed E-state index contributed by atoms with van der Waals surface area (Å²) in [6, 6.07) is 0.0180. The quantitative estimate of drug-likeness (QED) is 0.703. The second-order valence-corrected chi connectivity index (χ2v) is 3.68. The van der Waals surface area contributed by atoms with Gasteiger partial charge < -0.3 is 20.1 Å². The molecule has 2 N–H and O–H groups in total. The Morgan fingerprint density at radius 3 is 3.07 bits per heavy atom. The SMILES string of the molecule is CCOC(C)CNC(=O)NC1CCOC1. The van der Waals surface area contributed by atoms with E-state index in [4.69, 9.17) is 9.47 Å². The fourth-order valence-electron chi connectivity index (χ4n) is 1.46. The number of amides is 2. The van der Waals surface area contributed by atoms with Crippen LogP contribution in [0.3, 0.4) is 0 Å².